The van der Waals surface area contributed by atoms with Crippen LogP contribution in [0.1, 0.15) is 96.4 Å². The molecule has 2 heterocycles. The lowest BCUT2D eigenvalue weighted by molar-refractivity contribution is -0.156. The van der Waals surface area contributed by atoms with Gasteiger partial charge in [0, 0.05) is 58.7 Å². The normalized spacial score (nSPS) is 17.1. The molecule has 2 saturated heterocycles. The van der Waals surface area contributed by atoms with E-state index >= 15 is 0 Å². The summed E-state index contributed by atoms with van der Waals surface area (Å²) in [5.74, 6) is -2.25. The van der Waals surface area contributed by atoms with Crippen molar-refractivity contribution in [2.45, 2.75) is 142 Å². The summed E-state index contributed by atoms with van der Waals surface area (Å²) in [4.78, 5) is 77.6. The van der Waals surface area contributed by atoms with Crippen LogP contribution in [-0.4, -0.2) is 136 Å². The van der Waals surface area contributed by atoms with E-state index in [2.05, 4.69) is 10.6 Å². The number of halogens is 5. The molecule has 432 valence electrons. The number of piperidine rings is 1. The molecule has 0 radical (unpaired) electrons. The highest BCUT2D eigenvalue weighted by Gasteiger charge is 2.46. The van der Waals surface area contributed by atoms with Crippen LogP contribution in [0.4, 0.5) is 26.7 Å². The first-order valence-electron chi connectivity index (χ1n) is 26.2. The summed E-state index contributed by atoms with van der Waals surface area (Å²) in [5, 5.41) is 28.3. The monoisotopic (exact) mass is 1110 g/mol. The second-order valence-corrected chi connectivity index (χ2v) is 20.3. The van der Waals surface area contributed by atoms with Crippen molar-refractivity contribution in [3.8, 4) is 11.5 Å². The minimum absolute atomic E-state index is 0.00832. The van der Waals surface area contributed by atoms with Crippen LogP contribution < -0.4 is 20.1 Å². The highest BCUT2D eigenvalue weighted by atomic mass is 19.4. The van der Waals surface area contributed by atoms with Crippen molar-refractivity contribution < 1.29 is 75.1 Å². The summed E-state index contributed by atoms with van der Waals surface area (Å²) in [6, 6.07) is 24.6. The molecule has 5 amide bonds. The van der Waals surface area contributed by atoms with Crippen molar-refractivity contribution in [2.75, 3.05) is 32.8 Å². The molecular formula is C58H74F5N5O11. The van der Waals surface area contributed by atoms with Gasteiger partial charge in [-0.3, -0.25) is 28.9 Å². The Morgan fingerprint density at radius 3 is 1.53 bits per heavy atom. The molecule has 6 atom stereocenters. The van der Waals surface area contributed by atoms with Gasteiger partial charge in [0.25, 0.3) is 0 Å². The number of ether oxygens (including phenoxy) is 3. The Hall–Kier alpha value is -7.13. The molecule has 0 unspecified atom stereocenters. The number of nitrogens with zero attached hydrogens (tertiary/aromatic N) is 3. The van der Waals surface area contributed by atoms with Gasteiger partial charge in [-0.25, -0.2) is 13.6 Å². The van der Waals surface area contributed by atoms with Gasteiger partial charge in [0.15, 0.2) is 0 Å². The molecule has 16 nitrogen and oxygen atoms in total. The van der Waals surface area contributed by atoms with Crippen LogP contribution in [0.3, 0.4) is 0 Å². The molecule has 4 aromatic rings. The van der Waals surface area contributed by atoms with Crippen LogP contribution in [0.25, 0.3) is 0 Å². The molecule has 0 saturated carbocycles. The Morgan fingerprint density at radius 1 is 0.671 bits per heavy atom. The van der Waals surface area contributed by atoms with Crippen molar-refractivity contribution in [3.63, 3.8) is 0 Å². The number of rotatable bonds is 20. The molecule has 4 N–H and O–H groups in total. The van der Waals surface area contributed by atoms with E-state index in [9.17, 15) is 56.1 Å². The number of nitrogens with one attached hydrogen (secondary N) is 2. The number of alkyl halides is 3. The molecule has 0 aliphatic carbocycles. The molecule has 0 aromatic heterocycles. The second kappa shape index (κ2) is 30.9. The highest BCUT2D eigenvalue weighted by Crippen LogP contribution is 2.29. The van der Waals surface area contributed by atoms with Crippen LogP contribution in [0, 0.1) is 17.6 Å². The number of hydrogen-bond acceptors (Lipinski definition) is 11. The summed E-state index contributed by atoms with van der Waals surface area (Å²) in [5.41, 5.74) is 2.14. The van der Waals surface area contributed by atoms with Crippen LogP contribution in [-0.2, 0) is 54.6 Å². The third-order valence-electron chi connectivity index (χ3n) is 12.3. The Bertz CT molecular complexity index is 2610. The van der Waals surface area contributed by atoms with Crippen LogP contribution in [0.5, 0.6) is 11.5 Å². The molecular weight excluding hydrogens is 1040 g/mol. The number of aldehydes is 1. The van der Waals surface area contributed by atoms with Gasteiger partial charge in [-0.15, -0.1) is 0 Å². The smallest absolute Gasteiger partial charge is 0.446 e. The maximum atomic E-state index is 14.4. The number of benzene rings is 4. The molecule has 2 fully saturated rings. The van der Waals surface area contributed by atoms with E-state index < -0.39 is 83.9 Å². The Kier molecular flexibility index (Phi) is 25.2. The van der Waals surface area contributed by atoms with E-state index in [1.807, 2.05) is 74.5 Å². The highest BCUT2D eigenvalue weighted by molar-refractivity contribution is 5.88. The SMILES string of the molecule is CCCOc1cc(F)cc(C[C@H](NC(C)=O)[C@H](O)[C@@H]2CCCN(Cc3ccccc3)C2=O)c1.CCCOc1cc(F)cc(C[C@H](NC(C)=O)[C@H](O)[C@H]2C(=O)N(Cc3ccccc3)CCN2C(=O)OC(C)(C)C)c1.O=CC(F)(F)F. The molecule has 6 rings (SSSR count). The quantitative estimate of drug-likeness (QED) is 0.0495. The van der Waals surface area contributed by atoms with Gasteiger partial charge >= 0.3 is 12.3 Å². The van der Waals surface area contributed by atoms with E-state index in [1.54, 1.807) is 42.7 Å². The van der Waals surface area contributed by atoms with Crippen LogP contribution in [0.15, 0.2) is 97.1 Å². The average molecular weight is 1110 g/mol. The molecule has 0 spiro atoms. The minimum atomic E-state index is -4.64. The van der Waals surface area contributed by atoms with Crippen molar-refractivity contribution in [1.82, 2.24) is 25.3 Å². The lowest BCUT2D eigenvalue weighted by atomic mass is 9.85. The standard InChI is InChI=1S/C30H40FN3O6.C26H33FN2O4.C2HF3O/c1-6-14-39-24-16-22(15-23(31)18-24)17-25(32-20(2)35)27(36)26-28(37)33(19-21-10-8-7-9-11-21)12-13-34(26)29(38)40-30(3,4)5;1-3-12-33-22-14-20(13-21(27)16-22)15-24(28-18(2)30)25(31)23-10-7-11-29(26(23)32)17-19-8-5-4-6-9-19;3-2(4,5)1-6/h7-11,15-16,18,25-27,36H,6,12-14,17,19H2,1-5H3,(H,32,35);4-6,8-9,13-14,16,23-25,31H,3,7,10-12,15,17H2,1-2H3,(H,28,30);1H/t25-,26-,27-;23-,24-,25+;/m00./s1. The van der Waals surface area contributed by atoms with Gasteiger partial charge in [-0.05, 0) is 106 Å². The molecule has 21 heteroatoms. The van der Waals surface area contributed by atoms with E-state index in [1.165, 1.54) is 43.0 Å². The first kappa shape index (κ1) is 64.4. The van der Waals surface area contributed by atoms with Gasteiger partial charge in [0.2, 0.25) is 29.9 Å². The summed E-state index contributed by atoms with van der Waals surface area (Å²) >= 11 is 0. The van der Waals surface area contributed by atoms with Crippen LogP contribution in [0.2, 0.25) is 0 Å². The van der Waals surface area contributed by atoms with E-state index in [4.69, 9.17) is 19.0 Å². The summed E-state index contributed by atoms with van der Waals surface area (Å²) in [6.45, 7) is 14.3. The third-order valence-corrected chi connectivity index (χ3v) is 12.3. The fourth-order valence-electron chi connectivity index (χ4n) is 8.99. The Morgan fingerprint density at radius 2 is 1.11 bits per heavy atom. The predicted octanol–water partition coefficient (Wildman–Crippen LogP) is 7.88. The topological polar surface area (TPSA) is 204 Å². The summed E-state index contributed by atoms with van der Waals surface area (Å²) < 4.78 is 76.5. The number of piperazine rings is 1. The number of carbonyl (C=O) groups is 6. The van der Waals surface area contributed by atoms with Gasteiger partial charge in [-0.1, -0.05) is 74.5 Å². The van der Waals surface area contributed by atoms with Crippen LogP contribution >= 0.6 is 0 Å². The summed E-state index contributed by atoms with van der Waals surface area (Å²) in [7, 11) is 0. The molecule has 79 heavy (non-hydrogen) atoms. The predicted molar refractivity (Wildman–Crippen MR) is 284 cm³/mol. The number of aliphatic hydroxyl groups excluding tert-OH is 2. The zero-order valence-electron chi connectivity index (χ0n) is 45.8. The lowest BCUT2D eigenvalue weighted by Gasteiger charge is -2.44. The lowest BCUT2D eigenvalue weighted by Crippen LogP contribution is -2.66. The maximum Gasteiger partial charge on any atom is 0.446 e. The number of aliphatic hydroxyl groups is 2. The van der Waals surface area contributed by atoms with Gasteiger partial charge in [-0.2, -0.15) is 13.2 Å². The number of hydrogen-bond donors (Lipinski definition) is 4. The second-order valence-electron chi connectivity index (χ2n) is 20.3. The largest absolute Gasteiger partial charge is 0.493 e. The number of amides is 5. The van der Waals surface area contributed by atoms with Gasteiger partial charge in [0.05, 0.1) is 37.3 Å². The Labute approximate surface area is 458 Å². The first-order valence-corrected chi connectivity index (χ1v) is 26.2. The van der Waals surface area contributed by atoms with E-state index in [-0.39, 0.29) is 44.3 Å². The molecule has 2 aliphatic rings. The zero-order valence-corrected chi connectivity index (χ0v) is 45.8. The van der Waals surface area contributed by atoms with Crippen molar-refractivity contribution in [3.05, 3.63) is 131 Å². The molecule has 2 aliphatic heterocycles. The fraction of sp³-hybridized carbons (Fsp3) is 0.483. The molecule has 4 aromatic carbocycles. The Balaban J connectivity index is 0.000000313. The number of carbonyl (C=O) groups excluding carboxylic acids is 6. The van der Waals surface area contributed by atoms with Crippen molar-refractivity contribution >= 4 is 36.0 Å². The van der Waals surface area contributed by atoms with Gasteiger partial charge < -0.3 is 44.9 Å². The van der Waals surface area contributed by atoms with Crippen molar-refractivity contribution in [2.24, 2.45) is 5.92 Å². The van der Waals surface area contributed by atoms with Gasteiger partial charge in [0.1, 0.15) is 40.9 Å². The fourth-order valence-corrected chi connectivity index (χ4v) is 8.99. The van der Waals surface area contributed by atoms with E-state index in [0.717, 1.165) is 30.4 Å². The maximum absolute atomic E-state index is 14.4. The first-order chi connectivity index (χ1) is 37.3. The number of likely N-dealkylation sites (tertiary alicyclic amines) is 1. The molecule has 0 bridgehead atoms. The summed E-state index contributed by atoms with van der Waals surface area (Å²) in [6.07, 6.45) is -6.05. The average Bonchev–Trinajstić information content (AvgIpc) is 3.41. The zero-order chi connectivity index (χ0) is 58.5. The van der Waals surface area contributed by atoms with Crippen molar-refractivity contribution in [1.29, 1.82) is 0 Å². The van der Waals surface area contributed by atoms with E-state index in [0.29, 0.717) is 55.4 Å². The third kappa shape index (κ3) is 21.9. The minimum Gasteiger partial charge on any atom is -0.493 e.